The van der Waals surface area contributed by atoms with E-state index in [9.17, 15) is 4.79 Å². The first-order valence-corrected chi connectivity index (χ1v) is 13.5. The fourth-order valence-electron chi connectivity index (χ4n) is 6.65. The van der Waals surface area contributed by atoms with E-state index in [0.29, 0.717) is 26.2 Å². The highest BCUT2D eigenvalue weighted by Gasteiger charge is 2.51. The average molecular weight is 514 g/mol. The molecule has 1 aromatic carbocycles. The van der Waals surface area contributed by atoms with E-state index in [1.807, 2.05) is 0 Å². The number of anilines is 1. The molecule has 4 aliphatic rings. The largest absolute Gasteiger partial charge is 0.324 e. The number of nitrogens with one attached hydrogen (secondary N) is 1. The Morgan fingerprint density at radius 2 is 1.69 bits per heavy atom. The van der Waals surface area contributed by atoms with Crippen molar-refractivity contribution in [2.45, 2.75) is 63.6 Å². The summed E-state index contributed by atoms with van der Waals surface area (Å²) in [7, 11) is 0. The minimum Gasteiger partial charge on any atom is -0.324 e. The summed E-state index contributed by atoms with van der Waals surface area (Å²) in [6, 6.07) is 3.09. The molecule has 6 rings (SSSR count). The van der Waals surface area contributed by atoms with Gasteiger partial charge in [0.1, 0.15) is 5.82 Å². The highest BCUT2D eigenvalue weighted by atomic mass is 35.5. The van der Waals surface area contributed by atoms with Crippen molar-refractivity contribution in [2.75, 3.05) is 11.1 Å². The minimum absolute atomic E-state index is 0.177. The van der Waals surface area contributed by atoms with Crippen LogP contribution in [0.5, 0.6) is 0 Å². The number of benzene rings is 1. The van der Waals surface area contributed by atoms with Crippen molar-refractivity contribution < 1.29 is 4.79 Å². The van der Waals surface area contributed by atoms with Gasteiger partial charge in [0.25, 0.3) is 0 Å². The van der Waals surface area contributed by atoms with Gasteiger partial charge in [-0.3, -0.25) is 4.79 Å². The van der Waals surface area contributed by atoms with E-state index < -0.39 is 0 Å². The second-order valence-corrected chi connectivity index (χ2v) is 12.0. The number of hydrogen-bond acceptors (Lipinski definition) is 4. The molecule has 32 heavy (non-hydrogen) atoms. The number of hydrogen-bond donors (Lipinski definition) is 1. The van der Waals surface area contributed by atoms with Crippen LogP contribution in [0, 0.1) is 23.2 Å². The molecular formula is C23H27Cl3N4OS. The van der Waals surface area contributed by atoms with E-state index in [1.165, 1.54) is 56.4 Å². The molecule has 4 bridgehead atoms. The lowest BCUT2D eigenvalue weighted by atomic mass is 9.49. The molecule has 1 aromatic heterocycles. The van der Waals surface area contributed by atoms with E-state index in [-0.39, 0.29) is 11.7 Å². The van der Waals surface area contributed by atoms with Gasteiger partial charge in [-0.25, -0.2) is 0 Å². The van der Waals surface area contributed by atoms with Crippen molar-refractivity contribution in [3.63, 3.8) is 0 Å². The Labute approximate surface area is 208 Å². The maximum absolute atomic E-state index is 12.5. The molecule has 4 fully saturated rings. The highest BCUT2D eigenvalue weighted by molar-refractivity contribution is 7.99. The van der Waals surface area contributed by atoms with Gasteiger partial charge in [0.15, 0.2) is 5.16 Å². The van der Waals surface area contributed by atoms with Crippen molar-refractivity contribution in [1.82, 2.24) is 14.8 Å². The third kappa shape index (κ3) is 4.53. The van der Waals surface area contributed by atoms with E-state index >= 15 is 0 Å². The molecule has 0 atom stereocenters. The molecule has 1 N–H and O–H groups in total. The molecule has 1 heterocycles. The summed E-state index contributed by atoms with van der Waals surface area (Å²) >= 11 is 19.6. The number of rotatable bonds is 7. The first kappa shape index (κ1) is 22.8. The number of halogens is 3. The Kier molecular flexibility index (Phi) is 6.43. The second-order valence-electron chi connectivity index (χ2n) is 9.82. The number of carbonyl (C=O) groups excluding carboxylic acids is 1. The quantitative estimate of drug-likeness (QED) is 0.329. The number of nitrogens with zero attached hydrogens (tertiary/aromatic N) is 3. The summed E-state index contributed by atoms with van der Waals surface area (Å²) < 4.78 is 2.18. The van der Waals surface area contributed by atoms with Gasteiger partial charge in [0.05, 0.1) is 26.5 Å². The van der Waals surface area contributed by atoms with Crippen molar-refractivity contribution in [3.8, 4) is 0 Å². The predicted molar refractivity (Wildman–Crippen MR) is 131 cm³/mol. The van der Waals surface area contributed by atoms with Crippen LogP contribution in [0.15, 0.2) is 17.3 Å². The Balaban J connectivity index is 1.24. The molecule has 0 spiro atoms. The summed E-state index contributed by atoms with van der Waals surface area (Å²) in [5, 5.41) is 13.7. The lowest BCUT2D eigenvalue weighted by molar-refractivity contribution is -0.113. The Hall–Kier alpha value is -0.950. The number of aromatic nitrogens is 3. The van der Waals surface area contributed by atoms with Crippen LogP contribution in [0.2, 0.25) is 15.1 Å². The van der Waals surface area contributed by atoms with Gasteiger partial charge in [-0.1, -0.05) is 46.6 Å². The zero-order valence-electron chi connectivity index (χ0n) is 18.0. The van der Waals surface area contributed by atoms with Gasteiger partial charge in [-0.05, 0) is 80.8 Å². The molecule has 0 unspecified atom stereocenters. The molecule has 0 radical (unpaired) electrons. The molecule has 172 valence electrons. The number of thioether (sulfide) groups is 1. The van der Waals surface area contributed by atoms with Crippen molar-refractivity contribution in [3.05, 3.63) is 33.0 Å². The summed E-state index contributed by atoms with van der Waals surface area (Å²) in [6.45, 7) is 2.92. The fraction of sp³-hybridized carbons (Fsp3) is 0.609. The molecule has 2 aromatic rings. The van der Waals surface area contributed by atoms with E-state index in [0.717, 1.165) is 41.7 Å². The molecule has 4 aliphatic carbocycles. The van der Waals surface area contributed by atoms with Crippen LogP contribution < -0.4 is 5.32 Å². The number of carbonyl (C=O) groups is 1. The fourth-order valence-corrected chi connectivity index (χ4v) is 8.07. The zero-order valence-corrected chi connectivity index (χ0v) is 21.1. The predicted octanol–water partition coefficient (Wildman–Crippen LogP) is 6.75. The minimum atomic E-state index is -0.177. The summed E-state index contributed by atoms with van der Waals surface area (Å²) in [4.78, 5) is 12.5. The lowest BCUT2D eigenvalue weighted by Crippen LogP contribution is -2.47. The Bertz CT molecular complexity index is 1010. The summed E-state index contributed by atoms with van der Waals surface area (Å²) in [6.07, 6.45) is 9.40. The molecule has 9 heteroatoms. The maximum Gasteiger partial charge on any atom is 0.234 e. The molecule has 5 nitrogen and oxygen atoms in total. The molecule has 0 saturated heterocycles. The van der Waals surface area contributed by atoms with Crippen molar-refractivity contribution >= 4 is 58.2 Å². The topological polar surface area (TPSA) is 59.8 Å². The number of amides is 1. The van der Waals surface area contributed by atoms with Crippen LogP contribution in [-0.4, -0.2) is 26.4 Å². The first-order valence-electron chi connectivity index (χ1n) is 11.3. The monoisotopic (exact) mass is 512 g/mol. The summed E-state index contributed by atoms with van der Waals surface area (Å²) in [5.74, 6) is 3.87. The van der Waals surface area contributed by atoms with Crippen molar-refractivity contribution in [2.24, 2.45) is 23.2 Å². The molecule has 1 amide bonds. The van der Waals surface area contributed by atoms with Gasteiger partial charge in [0, 0.05) is 13.0 Å². The second kappa shape index (κ2) is 9.01. The lowest BCUT2D eigenvalue weighted by Gasteiger charge is -2.56. The van der Waals surface area contributed by atoms with Gasteiger partial charge < -0.3 is 9.88 Å². The molecule has 4 saturated carbocycles. The van der Waals surface area contributed by atoms with Gasteiger partial charge in [0.2, 0.25) is 5.91 Å². The maximum atomic E-state index is 12.5. The first-order chi connectivity index (χ1) is 15.3. The van der Waals surface area contributed by atoms with Gasteiger partial charge >= 0.3 is 0 Å². The third-order valence-electron chi connectivity index (χ3n) is 7.42. The average Bonchev–Trinajstić information content (AvgIpc) is 3.10. The zero-order chi connectivity index (χ0) is 22.5. The van der Waals surface area contributed by atoms with Crippen LogP contribution in [0.3, 0.4) is 0 Å². The van der Waals surface area contributed by atoms with E-state index in [4.69, 9.17) is 34.8 Å². The Morgan fingerprint density at radius 3 is 2.31 bits per heavy atom. The summed E-state index contributed by atoms with van der Waals surface area (Å²) in [5.41, 5.74) is 0.865. The van der Waals surface area contributed by atoms with Crippen LogP contribution in [0.25, 0.3) is 0 Å². The highest BCUT2D eigenvalue weighted by Crippen LogP contribution is 2.61. The van der Waals surface area contributed by atoms with Crippen LogP contribution in [-0.2, 0) is 17.8 Å². The van der Waals surface area contributed by atoms with E-state index in [1.54, 1.807) is 6.07 Å². The van der Waals surface area contributed by atoms with Gasteiger partial charge in [-0.2, -0.15) is 0 Å². The van der Waals surface area contributed by atoms with E-state index in [2.05, 4.69) is 27.0 Å². The molecule has 0 aliphatic heterocycles. The normalized spacial score (nSPS) is 28.3. The van der Waals surface area contributed by atoms with Crippen LogP contribution >= 0.6 is 46.6 Å². The van der Waals surface area contributed by atoms with Crippen molar-refractivity contribution in [1.29, 1.82) is 0 Å². The Morgan fingerprint density at radius 1 is 1.06 bits per heavy atom. The third-order valence-corrected chi connectivity index (χ3v) is 9.43. The molecular weight excluding hydrogens is 487 g/mol. The SMILES string of the molecule is CCn1c(CC23CC4CC(CC(C4)C2)C3)nnc1SCC(=O)Nc1cc(Cl)c(Cl)cc1Cl. The standard InChI is InChI=1S/C23H27Cl3N4OS/c1-2-30-20(11-23-8-13-3-14(9-23)5-15(4-13)10-23)28-29-22(30)32-12-21(31)27-19-7-17(25)16(24)6-18(19)26/h6-7,13-15H,2-5,8-12H2,1H3,(H,27,31). The smallest absolute Gasteiger partial charge is 0.234 e. The van der Waals surface area contributed by atoms with Crippen LogP contribution in [0.4, 0.5) is 5.69 Å². The van der Waals surface area contributed by atoms with Gasteiger partial charge in [-0.15, -0.1) is 10.2 Å². The van der Waals surface area contributed by atoms with Crippen LogP contribution in [0.1, 0.15) is 51.3 Å².